The third-order valence-corrected chi connectivity index (χ3v) is 2.36. The fourth-order valence-corrected chi connectivity index (χ4v) is 1.60. The molecule has 0 amide bonds. The molecule has 0 bridgehead atoms. The summed E-state index contributed by atoms with van der Waals surface area (Å²) in [5.74, 6) is 8.75. The zero-order valence-corrected chi connectivity index (χ0v) is 9.12. The molecule has 0 radical (unpaired) electrons. The molecule has 0 heterocycles. The summed E-state index contributed by atoms with van der Waals surface area (Å²) in [7, 11) is 0. The maximum Gasteiger partial charge on any atom is -0.0152 e. The average Bonchev–Trinajstić information content (AvgIpc) is 2.25. The van der Waals surface area contributed by atoms with Gasteiger partial charge in [0.2, 0.25) is 0 Å². The molecule has 2 rings (SSSR count). The molecule has 0 saturated heterocycles. The van der Waals surface area contributed by atoms with Gasteiger partial charge in [-0.25, -0.2) is 0 Å². The van der Waals surface area contributed by atoms with Crippen molar-refractivity contribution in [2.45, 2.75) is 13.8 Å². The first-order valence-corrected chi connectivity index (χ1v) is 4.82. The summed E-state index contributed by atoms with van der Waals surface area (Å²) in [5, 5.41) is 2.75. The van der Waals surface area contributed by atoms with Crippen molar-refractivity contribution in [1.82, 2.24) is 5.53 Å². The monoisotopic (exact) mass is 203 g/mol. The summed E-state index contributed by atoms with van der Waals surface area (Å²) in [6.45, 7) is 4.31. The van der Waals surface area contributed by atoms with Crippen LogP contribution in [0.3, 0.4) is 0 Å². The van der Waals surface area contributed by atoms with Crippen molar-refractivity contribution in [2.75, 3.05) is 0 Å². The Morgan fingerprint density at radius 3 is 1.47 bits per heavy atom. The molecule has 0 fully saturated rings. The molecule has 3 nitrogen and oxygen atoms in total. The lowest BCUT2D eigenvalue weighted by molar-refractivity contribution is 0.803. The molecule has 0 aliphatic carbocycles. The van der Waals surface area contributed by atoms with Crippen molar-refractivity contribution in [3.05, 3.63) is 47.5 Å². The fraction of sp³-hybridized carbons (Fsp3) is 0.167. The summed E-state index contributed by atoms with van der Waals surface area (Å²) in [6.07, 6.45) is 0. The Labute approximate surface area is 90.0 Å². The van der Waals surface area contributed by atoms with E-state index >= 15 is 0 Å². The predicted octanol–water partition coefficient (Wildman–Crippen LogP) is 1.78. The van der Waals surface area contributed by atoms with Gasteiger partial charge in [0.05, 0.1) is 0 Å². The zero-order valence-electron chi connectivity index (χ0n) is 9.12. The Hall–Kier alpha value is -1.42. The second-order valence-corrected chi connectivity index (χ2v) is 3.41. The highest BCUT2D eigenvalue weighted by molar-refractivity contribution is 5.88. The van der Waals surface area contributed by atoms with Gasteiger partial charge in [0.25, 0.3) is 0 Å². The molecule has 5 N–H and O–H groups in total. The van der Waals surface area contributed by atoms with Crippen LogP contribution in [0.5, 0.6) is 0 Å². The maximum atomic E-state index is 4.38. The predicted molar refractivity (Wildman–Crippen MR) is 64.9 cm³/mol. The molecular formula is C12H17N3. The highest BCUT2D eigenvalue weighted by Gasteiger charge is 1.97. The number of hydrogen-bond acceptors (Lipinski definition) is 3. The van der Waals surface area contributed by atoms with Gasteiger partial charge in [0.15, 0.2) is 0 Å². The number of hydrazine groups is 2. The van der Waals surface area contributed by atoms with Crippen LogP contribution in [0.25, 0.3) is 10.8 Å². The van der Waals surface area contributed by atoms with E-state index in [-0.39, 0.29) is 0 Å². The van der Waals surface area contributed by atoms with Crippen LogP contribution in [0.2, 0.25) is 0 Å². The van der Waals surface area contributed by atoms with Crippen LogP contribution >= 0.6 is 0 Å². The van der Waals surface area contributed by atoms with Crippen molar-refractivity contribution < 1.29 is 0 Å². The third-order valence-electron chi connectivity index (χ3n) is 2.36. The van der Waals surface area contributed by atoms with Gasteiger partial charge < -0.3 is 0 Å². The lowest BCUT2D eigenvalue weighted by Crippen LogP contribution is -2.29. The first-order chi connectivity index (χ1) is 7.20. The zero-order chi connectivity index (χ0) is 11.3. The third kappa shape index (κ3) is 2.76. The van der Waals surface area contributed by atoms with Crippen LogP contribution in [0, 0.1) is 13.8 Å². The first kappa shape index (κ1) is 11.7. The molecule has 0 atom stereocenters. The van der Waals surface area contributed by atoms with Gasteiger partial charge in [-0.15, -0.1) is 0 Å². The average molecular weight is 203 g/mol. The lowest BCUT2D eigenvalue weighted by Gasteiger charge is -2.03. The molecule has 0 unspecified atom stereocenters. The van der Waals surface area contributed by atoms with Crippen molar-refractivity contribution >= 4 is 10.8 Å². The summed E-state index contributed by atoms with van der Waals surface area (Å²) in [4.78, 5) is 0. The summed E-state index contributed by atoms with van der Waals surface area (Å²) < 4.78 is 0. The van der Waals surface area contributed by atoms with Crippen molar-refractivity contribution in [2.24, 2.45) is 11.7 Å². The first-order valence-electron chi connectivity index (χ1n) is 4.82. The fourth-order valence-electron chi connectivity index (χ4n) is 1.60. The van der Waals surface area contributed by atoms with E-state index in [1.165, 1.54) is 21.9 Å². The largest absolute Gasteiger partial charge is 0.258 e. The number of rotatable bonds is 0. The summed E-state index contributed by atoms with van der Waals surface area (Å²) >= 11 is 0. The maximum absolute atomic E-state index is 4.38. The topological polar surface area (TPSA) is 64.1 Å². The molecule has 2 aromatic rings. The van der Waals surface area contributed by atoms with Crippen LogP contribution in [0.15, 0.2) is 36.4 Å². The van der Waals surface area contributed by atoms with Crippen LogP contribution in [0.1, 0.15) is 11.1 Å². The molecule has 15 heavy (non-hydrogen) atoms. The molecule has 0 aliphatic rings. The Morgan fingerprint density at radius 2 is 1.13 bits per heavy atom. The van der Waals surface area contributed by atoms with Gasteiger partial charge in [-0.05, 0) is 35.7 Å². The summed E-state index contributed by atoms with van der Waals surface area (Å²) in [5.41, 5.74) is 4.47. The van der Waals surface area contributed by atoms with E-state index in [1.54, 1.807) is 5.53 Å². The van der Waals surface area contributed by atoms with Crippen molar-refractivity contribution in [3.63, 3.8) is 0 Å². The van der Waals surface area contributed by atoms with E-state index in [0.717, 1.165) is 0 Å². The highest BCUT2D eigenvalue weighted by atomic mass is 15.4. The number of hydrogen-bond donors (Lipinski definition) is 3. The van der Waals surface area contributed by atoms with Gasteiger partial charge in [-0.2, -0.15) is 5.53 Å². The molecule has 0 aliphatic heterocycles. The van der Waals surface area contributed by atoms with E-state index in [4.69, 9.17) is 0 Å². The number of aryl methyl sites for hydroxylation is 2. The van der Waals surface area contributed by atoms with Crippen molar-refractivity contribution in [1.29, 1.82) is 0 Å². The van der Waals surface area contributed by atoms with E-state index in [0.29, 0.717) is 0 Å². The van der Waals surface area contributed by atoms with Gasteiger partial charge in [0.1, 0.15) is 0 Å². The van der Waals surface area contributed by atoms with E-state index in [1.807, 2.05) is 0 Å². The second kappa shape index (κ2) is 5.46. The van der Waals surface area contributed by atoms with Crippen LogP contribution in [-0.2, 0) is 0 Å². The number of fused-ring (bicyclic) bond motifs is 1. The summed E-state index contributed by atoms with van der Waals surface area (Å²) in [6, 6.07) is 12.9. The van der Waals surface area contributed by atoms with Gasteiger partial charge in [-0.3, -0.25) is 11.7 Å². The standard InChI is InChI=1S/C12H12.H5N3/c1-9-7-8-10(2)12-6-4-3-5-11(9)12;1-3-2/h3-8H,1-2H3;3H,1-2H2. The second-order valence-electron chi connectivity index (χ2n) is 3.41. The lowest BCUT2D eigenvalue weighted by atomic mass is 10.0. The Morgan fingerprint density at radius 1 is 0.800 bits per heavy atom. The molecule has 0 saturated carbocycles. The van der Waals surface area contributed by atoms with E-state index < -0.39 is 0 Å². The molecule has 0 aromatic heterocycles. The molecular weight excluding hydrogens is 186 g/mol. The van der Waals surface area contributed by atoms with E-state index in [9.17, 15) is 0 Å². The molecule has 0 spiro atoms. The Bertz CT molecular complexity index is 397. The van der Waals surface area contributed by atoms with Crippen LogP contribution in [0.4, 0.5) is 0 Å². The normalized spacial score (nSPS) is 9.60. The van der Waals surface area contributed by atoms with E-state index in [2.05, 4.69) is 61.9 Å². The smallest absolute Gasteiger partial charge is 0.0152 e. The van der Waals surface area contributed by atoms with Crippen LogP contribution < -0.4 is 17.2 Å². The Balaban J connectivity index is 0.000000337. The highest BCUT2D eigenvalue weighted by Crippen LogP contribution is 2.20. The quantitative estimate of drug-likeness (QED) is 0.451. The minimum absolute atomic E-state index is 1.36. The molecule has 3 heteroatoms. The van der Waals surface area contributed by atoms with Crippen molar-refractivity contribution in [3.8, 4) is 0 Å². The van der Waals surface area contributed by atoms with Gasteiger partial charge in [-0.1, -0.05) is 36.4 Å². The minimum Gasteiger partial charge on any atom is -0.258 e. The van der Waals surface area contributed by atoms with Crippen LogP contribution in [-0.4, -0.2) is 0 Å². The SMILES string of the molecule is Cc1ccc(C)c2ccccc12.NNN. The minimum atomic E-state index is 1.36. The number of nitrogens with one attached hydrogen (secondary N) is 1. The Kier molecular flexibility index (Phi) is 4.24. The van der Waals surface area contributed by atoms with Gasteiger partial charge >= 0.3 is 0 Å². The number of benzene rings is 2. The van der Waals surface area contributed by atoms with Gasteiger partial charge in [0, 0.05) is 0 Å². The molecule has 80 valence electrons. The number of nitrogens with two attached hydrogens (primary N) is 2. The molecule has 2 aromatic carbocycles.